The number of carbonyl (C=O) groups is 1. The molecule has 0 radical (unpaired) electrons. The predicted octanol–water partition coefficient (Wildman–Crippen LogP) is 8.14. The summed E-state index contributed by atoms with van der Waals surface area (Å²) in [5.41, 5.74) is 7.38. The first kappa shape index (κ1) is 24.1. The summed E-state index contributed by atoms with van der Waals surface area (Å²) in [7, 11) is 0. The zero-order valence-electron chi connectivity index (χ0n) is 21.8. The van der Waals surface area contributed by atoms with Crippen molar-refractivity contribution in [2.24, 2.45) is 17.8 Å². The Hall–Kier alpha value is -3.27. The molecule has 0 heterocycles. The molecule has 4 nitrogen and oxygen atoms in total. The molecule has 4 fully saturated rings. The third-order valence-electron chi connectivity index (χ3n) is 8.91. The molecule has 4 heteroatoms. The van der Waals surface area contributed by atoms with Crippen LogP contribution < -0.4 is 10.6 Å². The Morgan fingerprint density at radius 1 is 0.784 bits per heavy atom. The fraction of sp³-hybridized carbons (Fsp3) is 0.424. The number of hydrogen-bond acceptors (Lipinski definition) is 4. The topological polar surface area (TPSA) is 50.4 Å². The fourth-order valence-corrected chi connectivity index (χ4v) is 7.66. The van der Waals surface area contributed by atoms with Crippen LogP contribution in [0.3, 0.4) is 0 Å². The maximum atomic E-state index is 11.8. The summed E-state index contributed by atoms with van der Waals surface area (Å²) >= 11 is 0. The van der Waals surface area contributed by atoms with Crippen molar-refractivity contribution >= 4 is 28.7 Å². The lowest BCUT2D eigenvalue weighted by Gasteiger charge is -2.57. The molecular formula is C33H38N2O2. The van der Waals surface area contributed by atoms with E-state index in [4.69, 9.17) is 4.74 Å². The van der Waals surface area contributed by atoms with Gasteiger partial charge in [-0.15, -0.1) is 0 Å². The first-order valence-corrected chi connectivity index (χ1v) is 14.1. The number of rotatable bonds is 9. The molecule has 7 rings (SSSR count). The van der Waals surface area contributed by atoms with E-state index in [1.165, 1.54) is 38.5 Å². The number of esters is 1. The van der Waals surface area contributed by atoms with Gasteiger partial charge in [0.05, 0.1) is 6.61 Å². The van der Waals surface area contributed by atoms with Crippen LogP contribution in [0.1, 0.15) is 63.0 Å². The lowest BCUT2D eigenvalue weighted by Crippen LogP contribution is -2.48. The van der Waals surface area contributed by atoms with Crippen molar-refractivity contribution in [3.8, 4) is 0 Å². The van der Waals surface area contributed by atoms with Gasteiger partial charge in [0.2, 0.25) is 0 Å². The molecule has 4 bridgehead atoms. The number of benzene rings is 3. The summed E-state index contributed by atoms with van der Waals surface area (Å²) in [4.78, 5) is 11.8. The third kappa shape index (κ3) is 5.25. The highest BCUT2D eigenvalue weighted by atomic mass is 16.5. The van der Waals surface area contributed by atoms with E-state index < -0.39 is 0 Å². The standard InChI is InChI=1S/C33H38N2O2/c1-2-37-32(36)16-7-26-5-3-4-6-31(26)35-30-14-12-29(13-15-30)34-28-10-8-27(9-11-28)33-20-23-17-24(21-33)19-25(18-23)22-33/h3-6,8-15,23-25,34-35H,2,7,16-22H2,1H3. The highest BCUT2D eigenvalue weighted by Gasteiger charge is 2.51. The number of aryl methyl sites for hydroxylation is 1. The molecule has 192 valence electrons. The smallest absolute Gasteiger partial charge is 0.306 e. The van der Waals surface area contributed by atoms with Crippen LogP contribution in [0.2, 0.25) is 0 Å². The van der Waals surface area contributed by atoms with Crippen molar-refractivity contribution in [2.75, 3.05) is 17.2 Å². The summed E-state index contributed by atoms with van der Waals surface area (Å²) in [5.74, 6) is 2.76. The molecule has 0 amide bonds. The SMILES string of the molecule is CCOC(=O)CCc1ccccc1Nc1ccc(Nc2ccc(C34CC5CC(CC(C5)C3)C4)cc2)cc1. The molecular weight excluding hydrogens is 456 g/mol. The average Bonchev–Trinajstić information content (AvgIpc) is 2.89. The molecule has 0 unspecified atom stereocenters. The minimum Gasteiger partial charge on any atom is -0.466 e. The number of ether oxygens (including phenoxy) is 1. The van der Waals surface area contributed by atoms with Gasteiger partial charge in [-0.3, -0.25) is 4.79 Å². The van der Waals surface area contributed by atoms with Gasteiger partial charge in [0, 0.05) is 29.2 Å². The first-order valence-electron chi connectivity index (χ1n) is 14.1. The number of para-hydroxylation sites is 1. The van der Waals surface area contributed by atoms with E-state index >= 15 is 0 Å². The number of carbonyl (C=O) groups excluding carboxylic acids is 1. The van der Waals surface area contributed by atoms with E-state index in [1.54, 1.807) is 5.56 Å². The highest BCUT2D eigenvalue weighted by molar-refractivity contribution is 5.71. The van der Waals surface area contributed by atoms with Crippen molar-refractivity contribution < 1.29 is 9.53 Å². The molecule has 4 aliphatic rings. The van der Waals surface area contributed by atoms with Gasteiger partial charge in [0.1, 0.15) is 0 Å². The van der Waals surface area contributed by atoms with Crippen LogP contribution in [-0.2, 0) is 21.4 Å². The number of anilines is 4. The lowest BCUT2D eigenvalue weighted by molar-refractivity contribution is -0.143. The van der Waals surface area contributed by atoms with Crippen LogP contribution in [0.4, 0.5) is 22.7 Å². The Kier molecular flexibility index (Phi) is 6.67. The van der Waals surface area contributed by atoms with Crippen LogP contribution in [-0.4, -0.2) is 12.6 Å². The normalized spacial score (nSPS) is 25.6. The van der Waals surface area contributed by atoms with Gasteiger partial charge in [0.15, 0.2) is 0 Å². The largest absolute Gasteiger partial charge is 0.466 e. The molecule has 0 aliphatic heterocycles. The van der Waals surface area contributed by atoms with E-state index in [1.807, 2.05) is 19.1 Å². The van der Waals surface area contributed by atoms with E-state index in [0.29, 0.717) is 24.9 Å². The number of nitrogens with one attached hydrogen (secondary N) is 2. The van der Waals surface area contributed by atoms with E-state index in [0.717, 1.165) is 46.1 Å². The Balaban J connectivity index is 1.08. The molecule has 37 heavy (non-hydrogen) atoms. The molecule has 0 atom stereocenters. The second-order valence-electron chi connectivity index (χ2n) is 11.6. The molecule has 3 aromatic carbocycles. The second-order valence-corrected chi connectivity index (χ2v) is 11.6. The maximum absolute atomic E-state index is 11.8. The summed E-state index contributed by atoms with van der Waals surface area (Å²) in [6.45, 7) is 2.26. The Bertz CT molecular complexity index is 1200. The van der Waals surface area contributed by atoms with Gasteiger partial charge in [-0.25, -0.2) is 0 Å². The van der Waals surface area contributed by atoms with Crippen molar-refractivity contribution in [1.29, 1.82) is 0 Å². The Labute approximate surface area is 220 Å². The molecule has 2 N–H and O–H groups in total. The zero-order chi connectivity index (χ0) is 25.2. The molecule has 0 saturated heterocycles. The van der Waals surface area contributed by atoms with Gasteiger partial charge in [-0.2, -0.15) is 0 Å². The molecule has 4 saturated carbocycles. The first-order chi connectivity index (χ1) is 18.1. The summed E-state index contributed by atoms with van der Waals surface area (Å²) < 4.78 is 5.08. The highest BCUT2D eigenvalue weighted by Crippen LogP contribution is 2.60. The van der Waals surface area contributed by atoms with Crippen molar-refractivity contribution in [3.63, 3.8) is 0 Å². The molecule has 3 aromatic rings. The summed E-state index contributed by atoms with van der Waals surface area (Å²) in [6.07, 6.45) is 9.73. The van der Waals surface area contributed by atoms with Crippen molar-refractivity contribution in [3.05, 3.63) is 83.9 Å². The van der Waals surface area contributed by atoms with Crippen LogP contribution >= 0.6 is 0 Å². The maximum Gasteiger partial charge on any atom is 0.306 e. The zero-order valence-corrected chi connectivity index (χ0v) is 21.8. The van der Waals surface area contributed by atoms with E-state index in [2.05, 4.69) is 71.3 Å². The summed E-state index contributed by atoms with van der Waals surface area (Å²) in [6, 6.07) is 25.8. The quantitative estimate of drug-likeness (QED) is 0.295. The van der Waals surface area contributed by atoms with Gasteiger partial charge in [-0.05, 0) is 129 Å². The minimum atomic E-state index is -0.154. The van der Waals surface area contributed by atoms with Crippen LogP contribution in [0.25, 0.3) is 0 Å². The van der Waals surface area contributed by atoms with Gasteiger partial charge >= 0.3 is 5.97 Å². The van der Waals surface area contributed by atoms with E-state index in [-0.39, 0.29) is 5.97 Å². The summed E-state index contributed by atoms with van der Waals surface area (Å²) in [5, 5.41) is 7.08. The van der Waals surface area contributed by atoms with Crippen molar-refractivity contribution in [1.82, 2.24) is 0 Å². The average molecular weight is 495 g/mol. The van der Waals surface area contributed by atoms with Crippen LogP contribution in [0.5, 0.6) is 0 Å². The Morgan fingerprint density at radius 2 is 1.32 bits per heavy atom. The predicted molar refractivity (Wildman–Crippen MR) is 151 cm³/mol. The Morgan fingerprint density at radius 3 is 1.92 bits per heavy atom. The second kappa shape index (κ2) is 10.2. The number of hydrogen-bond donors (Lipinski definition) is 2. The van der Waals surface area contributed by atoms with Gasteiger partial charge < -0.3 is 15.4 Å². The van der Waals surface area contributed by atoms with Gasteiger partial charge in [0.25, 0.3) is 0 Å². The third-order valence-corrected chi connectivity index (χ3v) is 8.91. The van der Waals surface area contributed by atoms with E-state index in [9.17, 15) is 4.79 Å². The monoisotopic (exact) mass is 494 g/mol. The molecule has 0 aromatic heterocycles. The molecule has 4 aliphatic carbocycles. The van der Waals surface area contributed by atoms with Crippen LogP contribution in [0.15, 0.2) is 72.8 Å². The molecule has 0 spiro atoms. The lowest BCUT2D eigenvalue weighted by atomic mass is 9.48. The van der Waals surface area contributed by atoms with Crippen LogP contribution in [0, 0.1) is 17.8 Å². The van der Waals surface area contributed by atoms with Gasteiger partial charge in [-0.1, -0.05) is 30.3 Å². The van der Waals surface area contributed by atoms with Crippen molar-refractivity contribution in [2.45, 2.75) is 63.7 Å². The fourth-order valence-electron chi connectivity index (χ4n) is 7.66. The minimum absolute atomic E-state index is 0.154.